The lowest BCUT2D eigenvalue weighted by Gasteiger charge is -2.15. The molecule has 1 amide bonds. The van der Waals surface area contributed by atoms with Crippen LogP contribution in [0.5, 0.6) is 0 Å². The summed E-state index contributed by atoms with van der Waals surface area (Å²) in [6.07, 6.45) is 0.880. The van der Waals surface area contributed by atoms with Gasteiger partial charge in [0.1, 0.15) is 17.7 Å². The van der Waals surface area contributed by atoms with Gasteiger partial charge < -0.3 is 16.4 Å². The number of nitrogens with zero attached hydrogens (tertiary/aromatic N) is 1. The minimum Gasteiger partial charge on any atom is -0.382 e. The van der Waals surface area contributed by atoms with Crippen molar-refractivity contribution >= 4 is 40.7 Å². The zero-order valence-corrected chi connectivity index (χ0v) is 11.8. The fraction of sp³-hybridized carbons (Fsp3) is 0.455. The number of aromatic nitrogens is 1. The summed E-state index contributed by atoms with van der Waals surface area (Å²) < 4.78 is 0. The standard InChI is InChI=1S/C11H16Cl2N4O/c1-3-4-15-11(18)6(2)16-10-8(13)5-7(12)9(14)17-10/h5-6H,3-4H2,1-2H3,(H,15,18)(H3,14,16,17). The first-order valence-corrected chi connectivity index (χ1v) is 6.37. The summed E-state index contributed by atoms with van der Waals surface area (Å²) in [7, 11) is 0. The van der Waals surface area contributed by atoms with Crippen molar-refractivity contribution in [2.75, 3.05) is 17.6 Å². The van der Waals surface area contributed by atoms with E-state index in [0.29, 0.717) is 17.4 Å². The second-order valence-electron chi connectivity index (χ2n) is 3.84. The Kier molecular flexibility index (Phi) is 5.50. The number of rotatable bonds is 5. The van der Waals surface area contributed by atoms with E-state index in [1.165, 1.54) is 6.07 Å². The first-order valence-electron chi connectivity index (χ1n) is 5.61. The predicted molar refractivity (Wildman–Crippen MR) is 75.1 cm³/mol. The number of halogens is 2. The molecule has 4 N–H and O–H groups in total. The lowest BCUT2D eigenvalue weighted by molar-refractivity contribution is -0.121. The van der Waals surface area contributed by atoms with Crippen molar-refractivity contribution in [3.8, 4) is 0 Å². The van der Waals surface area contributed by atoms with Gasteiger partial charge in [0.05, 0.1) is 10.0 Å². The summed E-state index contributed by atoms with van der Waals surface area (Å²) in [5, 5.41) is 6.27. The Labute approximate surface area is 116 Å². The van der Waals surface area contributed by atoms with Crippen LogP contribution in [0, 0.1) is 0 Å². The maximum absolute atomic E-state index is 11.7. The summed E-state index contributed by atoms with van der Waals surface area (Å²) in [6.45, 7) is 4.33. The minimum absolute atomic E-state index is 0.122. The van der Waals surface area contributed by atoms with Gasteiger partial charge in [-0.1, -0.05) is 30.1 Å². The van der Waals surface area contributed by atoms with Gasteiger partial charge in [-0.05, 0) is 19.4 Å². The molecule has 0 fully saturated rings. The summed E-state index contributed by atoms with van der Waals surface area (Å²) in [4.78, 5) is 15.7. The number of hydrogen-bond donors (Lipinski definition) is 3. The topological polar surface area (TPSA) is 80.0 Å². The maximum Gasteiger partial charge on any atom is 0.242 e. The second-order valence-corrected chi connectivity index (χ2v) is 4.66. The molecule has 0 saturated heterocycles. The molecular formula is C11H16Cl2N4O. The Morgan fingerprint density at radius 3 is 2.78 bits per heavy atom. The molecule has 0 aliphatic carbocycles. The van der Waals surface area contributed by atoms with E-state index in [1.807, 2.05) is 6.92 Å². The number of amides is 1. The normalized spacial score (nSPS) is 12.0. The van der Waals surface area contributed by atoms with E-state index in [0.717, 1.165) is 6.42 Å². The van der Waals surface area contributed by atoms with Crippen LogP contribution < -0.4 is 16.4 Å². The Morgan fingerprint density at radius 2 is 2.17 bits per heavy atom. The van der Waals surface area contributed by atoms with Gasteiger partial charge in [0.15, 0.2) is 0 Å². The first-order chi connectivity index (χ1) is 8.45. The van der Waals surface area contributed by atoms with E-state index in [-0.39, 0.29) is 16.7 Å². The smallest absolute Gasteiger partial charge is 0.242 e. The van der Waals surface area contributed by atoms with Crippen molar-refractivity contribution in [3.05, 3.63) is 16.1 Å². The summed E-state index contributed by atoms with van der Waals surface area (Å²) in [5.74, 6) is 0.394. The molecule has 0 spiro atoms. The van der Waals surface area contributed by atoms with E-state index in [9.17, 15) is 4.79 Å². The van der Waals surface area contributed by atoms with Gasteiger partial charge in [-0.2, -0.15) is 0 Å². The number of hydrogen-bond acceptors (Lipinski definition) is 4. The monoisotopic (exact) mass is 290 g/mol. The molecule has 0 aliphatic rings. The Morgan fingerprint density at radius 1 is 1.50 bits per heavy atom. The molecule has 7 heteroatoms. The van der Waals surface area contributed by atoms with Crippen molar-refractivity contribution in [2.24, 2.45) is 0 Å². The van der Waals surface area contributed by atoms with E-state index in [2.05, 4.69) is 15.6 Å². The lowest BCUT2D eigenvalue weighted by atomic mass is 10.3. The van der Waals surface area contributed by atoms with Gasteiger partial charge in [0.25, 0.3) is 0 Å². The Bertz CT molecular complexity index is 439. The molecule has 1 aromatic heterocycles. The molecule has 0 radical (unpaired) electrons. The highest BCUT2D eigenvalue weighted by Gasteiger charge is 2.15. The fourth-order valence-corrected chi connectivity index (χ4v) is 1.67. The molecule has 18 heavy (non-hydrogen) atoms. The molecular weight excluding hydrogens is 275 g/mol. The van der Waals surface area contributed by atoms with Crippen LogP contribution >= 0.6 is 23.2 Å². The van der Waals surface area contributed by atoms with E-state index in [1.54, 1.807) is 6.92 Å². The maximum atomic E-state index is 11.7. The Balaban J connectivity index is 2.72. The van der Waals surface area contributed by atoms with Gasteiger partial charge in [-0.25, -0.2) is 4.98 Å². The summed E-state index contributed by atoms with van der Waals surface area (Å²) in [5.41, 5.74) is 5.58. The molecule has 0 aromatic carbocycles. The molecule has 1 rings (SSSR count). The van der Waals surface area contributed by atoms with Crippen molar-refractivity contribution < 1.29 is 4.79 Å². The highest BCUT2D eigenvalue weighted by molar-refractivity contribution is 6.37. The molecule has 0 bridgehead atoms. The third kappa shape index (κ3) is 3.92. The van der Waals surface area contributed by atoms with Gasteiger partial charge >= 0.3 is 0 Å². The average molecular weight is 291 g/mol. The molecule has 5 nitrogen and oxygen atoms in total. The molecule has 0 aliphatic heterocycles. The molecule has 0 saturated carbocycles. The van der Waals surface area contributed by atoms with Crippen molar-refractivity contribution in [1.82, 2.24) is 10.3 Å². The quantitative estimate of drug-likeness (QED) is 0.777. The van der Waals surface area contributed by atoms with Crippen LogP contribution in [0.2, 0.25) is 10.0 Å². The van der Waals surface area contributed by atoms with Gasteiger partial charge in [-0.15, -0.1) is 0 Å². The van der Waals surface area contributed by atoms with Gasteiger partial charge in [-0.3, -0.25) is 4.79 Å². The summed E-state index contributed by atoms with van der Waals surface area (Å²) >= 11 is 11.7. The minimum atomic E-state index is -0.456. The average Bonchev–Trinajstić information content (AvgIpc) is 2.32. The SMILES string of the molecule is CCCNC(=O)C(C)Nc1nc(N)c(Cl)cc1Cl. The lowest BCUT2D eigenvalue weighted by Crippen LogP contribution is -2.38. The van der Waals surface area contributed by atoms with Crippen molar-refractivity contribution in [1.29, 1.82) is 0 Å². The zero-order chi connectivity index (χ0) is 13.7. The third-order valence-electron chi connectivity index (χ3n) is 2.25. The van der Waals surface area contributed by atoms with Gasteiger partial charge in [0.2, 0.25) is 5.91 Å². The van der Waals surface area contributed by atoms with E-state index in [4.69, 9.17) is 28.9 Å². The third-order valence-corrected chi connectivity index (χ3v) is 2.84. The number of nitrogens with one attached hydrogen (secondary N) is 2. The highest BCUT2D eigenvalue weighted by Crippen LogP contribution is 2.27. The van der Waals surface area contributed by atoms with Crippen LogP contribution in [-0.4, -0.2) is 23.5 Å². The number of nitrogens with two attached hydrogens (primary N) is 1. The highest BCUT2D eigenvalue weighted by atomic mass is 35.5. The molecule has 1 aromatic rings. The predicted octanol–water partition coefficient (Wildman–Crippen LogP) is 2.30. The number of pyridine rings is 1. The van der Waals surface area contributed by atoms with Crippen LogP contribution in [0.3, 0.4) is 0 Å². The van der Waals surface area contributed by atoms with Crippen molar-refractivity contribution in [3.63, 3.8) is 0 Å². The van der Waals surface area contributed by atoms with E-state index >= 15 is 0 Å². The summed E-state index contributed by atoms with van der Waals surface area (Å²) in [6, 6.07) is 1.03. The fourth-order valence-electron chi connectivity index (χ4n) is 1.25. The van der Waals surface area contributed by atoms with Gasteiger partial charge in [0, 0.05) is 6.54 Å². The number of carbonyl (C=O) groups excluding carboxylic acids is 1. The first kappa shape index (κ1) is 14.9. The van der Waals surface area contributed by atoms with Crippen LogP contribution in [0.25, 0.3) is 0 Å². The van der Waals surface area contributed by atoms with Crippen LogP contribution in [0.4, 0.5) is 11.6 Å². The largest absolute Gasteiger partial charge is 0.382 e. The second kappa shape index (κ2) is 6.66. The molecule has 1 unspecified atom stereocenters. The Hall–Kier alpha value is -1.20. The number of anilines is 2. The van der Waals surface area contributed by atoms with Crippen LogP contribution in [0.15, 0.2) is 6.07 Å². The van der Waals surface area contributed by atoms with Crippen molar-refractivity contribution in [2.45, 2.75) is 26.3 Å². The van der Waals surface area contributed by atoms with Crippen LogP contribution in [-0.2, 0) is 4.79 Å². The van der Waals surface area contributed by atoms with Crippen LogP contribution in [0.1, 0.15) is 20.3 Å². The number of carbonyl (C=O) groups is 1. The van der Waals surface area contributed by atoms with E-state index < -0.39 is 6.04 Å². The number of nitrogen functional groups attached to an aromatic ring is 1. The zero-order valence-electron chi connectivity index (χ0n) is 10.3. The molecule has 1 atom stereocenters. The molecule has 1 heterocycles. The molecule has 100 valence electrons.